The molecule has 2 aliphatic rings. The Hall–Kier alpha value is -0.560. The van der Waals surface area contributed by atoms with Crippen molar-refractivity contribution in [2.45, 2.75) is 32.6 Å². The lowest BCUT2D eigenvalue weighted by Crippen LogP contribution is -1.92. The van der Waals surface area contributed by atoms with Crippen LogP contribution in [0.2, 0.25) is 0 Å². The van der Waals surface area contributed by atoms with E-state index in [0.29, 0.717) is 0 Å². The van der Waals surface area contributed by atoms with Gasteiger partial charge in [0.05, 0.1) is 0 Å². The third-order valence-corrected chi connectivity index (χ3v) is 4.28. The molecule has 0 nitrogen and oxygen atoms in total. The SMILES string of the molecule is CC1=Cc2cc3c(c(Br)c2C1)CCC3. The quantitative estimate of drug-likeness (QED) is 0.654. The Morgan fingerprint density at radius 3 is 2.93 bits per heavy atom. The summed E-state index contributed by atoms with van der Waals surface area (Å²) in [6.45, 7) is 2.22. The van der Waals surface area contributed by atoms with Gasteiger partial charge in [-0.05, 0) is 54.9 Å². The number of benzene rings is 1. The number of hydrogen-bond donors (Lipinski definition) is 0. The molecule has 0 atom stereocenters. The van der Waals surface area contributed by atoms with E-state index in [0.717, 1.165) is 6.42 Å². The largest absolute Gasteiger partial charge is 0.0683 e. The maximum Gasteiger partial charge on any atom is 0.0251 e. The topological polar surface area (TPSA) is 0 Å². The van der Waals surface area contributed by atoms with Gasteiger partial charge in [0.25, 0.3) is 0 Å². The minimum absolute atomic E-state index is 1.14. The van der Waals surface area contributed by atoms with Crippen LogP contribution in [0.25, 0.3) is 6.08 Å². The van der Waals surface area contributed by atoms with Crippen LogP contribution < -0.4 is 0 Å². The first-order valence-corrected chi connectivity index (χ1v) is 6.05. The van der Waals surface area contributed by atoms with Gasteiger partial charge in [-0.3, -0.25) is 0 Å². The molecule has 1 aromatic rings. The monoisotopic (exact) mass is 248 g/mol. The maximum atomic E-state index is 3.78. The molecule has 2 aliphatic carbocycles. The third kappa shape index (κ3) is 1.12. The second-order valence-corrected chi connectivity index (χ2v) is 5.21. The van der Waals surface area contributed by atoms with Gasteiger partial charge in [0, 0.05) is 4.47 Å². The summed E-state index contributed by atoms with van der Waals surface area (Å²) in [5, 5.41) is 0. The summed E-state index contributed by atoms with van der Waals surface area (Å²) in [5.41, 5.74) is 7.61. The molecule has 0 heterocycles. The highest BCUT2D eigenvalue weighted by Crippen LogP contribution is 2.38. The number of rotatable bonds is 0. The van der Waals surface area contributed by atoms with Gasteiger partial charge in [-0.25, -0.2) is 0 Å². The van der Waals surface area contributed by atoms with Gasteiger partial charge < -0.3 is 0 Å². The molecular formula is C13H13Br. The van der Waals surface area contributed by atoms with E-state index < -0.39 is 0 Å². The molecule has 0 spiro atoms. The Bertz CT molecular complexity index is 441. The molecule has 1 aromatic carbocycles. The zero-order valence-electron chi connectivity index (χ0n) is 8.36. The van der Waals surface area contributed by atoms with Gasteiger partial charge >= 0.3 is 0 Å². The van der Waals surface area contributed by atoms with Crippen molar-refractivity contribution in [3.05, 3.63) is 38.4 Å². The average Bonchev–Trinajstić information content (AvgIpc) is 2.71. The molecule has 0 aromatic heterocycles. The highest BCUT2D eigenvalue weighted by Gasteiger charge is 2.21. The van der Waals surface area contributed by atoms with Crippen LogP contribution in [-0.4, -0.2) is 0 Å². The normalized spacial score (nSPS) is 18.0. The molecular weight excluding hydrogens is 236 g/mol. The van der Waals surface area contributed by atoms with E-state index in [4.69, 9.17) is 0 Å². The first-order valence-electron chi connectivity index (χ1n) is 5.26. The van der Waals surface area contributed by atoms with Crippen molar-refractivity contribution in [3.63, 3.8) is 0 Å². The number of halogens is 1. The average molecular weight is 249 g/mol. The molecule has 3 rings (SSSR count). The van der Waals surface area contributed by atoms with Crippen LogP contribution in [0.5, 0.6) is 0 Å². The van der Waals surface area contributed by atoms with Crippen molar-refractivity contribution in [1.82, 2.24) is 0 Å². The second-order valence-electron chi connectivity index (χ2n) is 4.42. The van der Waals surface area contributed by atoms with E-state index in [1.165, 1.54) is 40.4 Å². The molecule has 0 saturated heterocycles. The fraction of sp³-hybridized carbons (Fsp3) is 0.385. The molecule has 14 heavy (non-hydrogen) atoms. The van der Waals surface area contributed by atoms with E-state index in [1.807, 2.05) is 0 Å². The number of allylic oxidation sites excluding steroid dienone is 1. The lowest BCUT2D eigenvalue weighted by Gasteiger charge is -2.09. The van der Waals surface area contributed by atoms with Gasteiger partial charge in [-0.2, -0.15) is 0 Å². The van der Waals surface area contributed by atoms with E-state index in [9.17, 15) is 0 Å². The summed E-state index contributed by atoms with van der Waals surface area (Å²) >= 11 is 3.78. The van der Waals surface area contributed by atoms with Crippen LogP contribution in [0.15, 0.2) is 16.1 Å². The first kappa shape index (κ1) is 8.72. The van der Waals surface area contributed by atoms with Crippen LogP contribution in [-0.2, 0) is 19.3 Å². The van der Waals surface area contributed by atoms with Crippen LogP contribution in [0.1, 0.15) is 35.6 Å². The van der Waals surface area contributed by atoms with Crippen molar-refractivity contribution in [3.8, 4) is 0 Å². The van der Waals surface area contributed by atoms with Crippen molar-refractivity contribution in [2.24, 2.45) is 0 Å². The molecule has 0 amide bonds. The highest BCUT2D eigenvalue weighted by atomic mass is 79.9. The lowest BCUT2D eigenvalue weighted by molar-refractivity contribution is 0.910. The summed E-state index contributed by atoms with van der Waals surface area (Å²) in [6.07, 6.45) is 7.34. The summed E-state index contributed by atoms with van der Waals surface area (Å²) in [7, 11) is 0. The molecule has 0 N–H and O–H groups in total. The summed E-state index contributed by atoms with van der Waals surface area (Å²) < 4.78 is 1.40. The summed E-state index contributed by atoms with van der Waals surface area (Å²) in [4.78, 5) is 0. The lowest BCUT2D eigenvalue weighted by atomic mass is 10.0. The first-order chi connectivity index (χ1) is 6.75. The number of aryl methyl sites for hydroxylation is 1. The minimum Gasteiger partial charge on any atom is -0.0683 e. The second kappa shape index (κ2) is 2.96. The maximum absolute atomic E-state index is 3.78. The van der Waals surface area contributed by atoms with E-state index in [2.05, 4.69) is 35.0 Å². The Labute approximate surface area is 93.2 Å². The van der Waals surface area contributed by atoms with Crippen LogP contribution in [0.3, 0.4) is 0 Å². The highest BCUT2D eigenvalue weighted by molar-refractivity contribution is 9.10. The molecule has 0 unspecified atom stereocenters. The van der Waals surface area contributed by atoms with Gasteiger partial charge in [-0.1, -0.05) is 33.6 Å². The molecule has 0 bridgehead atoms. The van der Waals surface area contributed by atoms with E-state index in [1.54, 1.807) is 11.1 Å². The van der Waals surface area contributed by atoms with Gasteiger partial charge in [0.1, 0.15) is 0 Å². The fourth-order valence-corrected chi connectivity index (χ4v) is 3.49. The number of hydrogen-bond acceptors (Lipinski definition) is 0. The predicted octanol–water partition coefficient (Wildman–Crippen LogP) is 3.90. The van der Waals surface area contributed by atoms with Gasteiger partial charge in [-0.15, -0.1) is 0 Å². The van der Waals surface area contributed by atoms with Crippen molar-refractivity contribution in [2.75, 3.05) is 0 Å². The van der Waals surface area contributed by atoms with E-state index >= 15 is 0 Å². The zero-order chi connectivity index (χ0) is 9.71. The van der Waals surface area contributed by atoms with E-state index in [-0.39, 0.29) is 0 Å². The molecule has 72 valence electrons. The molecule has 0 radical (unpaired) electrons. The predicted molar refractivity (Wildman–Crippen MR) is 63.5 cm³/mol. The van der Waals surface area contributed by atoms with Gasteiger partial charge in [0.2, 0.25) is 0 Å². The molecule has 0 aliphatic heterocycles. The minimum atomic E-state index is 1.14. The van der Waals surface area contributed by atoms with Crippen LogP contribution in [0, 0.1) is 0 Å². The summed E-state index contributed by atoms with van der Waals surface area (Å²) in [5.74, 6) is 0. The molecule has 0 saturated carbocycles. The van der Waals surface area contributed by atoms with Crippen molar-refractivity contribution < 1.29 is 0 Å². The molecule has 1 heteroatoms. The van der Waals surface area contributed by atoms with Gasteiger partial charge in [0.15, 0.2) is 0 Å². The summed E-state index contributed by atoms with van der Waals surface area (Å²) in [6, 6.07) is 2.40. The smallest absolute Gasteiger partial charge is 0.0251 e. The number of fused-ring (bicyclic) bond motifs is 2. The van der Waals surface area contributed by atoms with Crippen LogP contribution in [0.4, 0.5) is 0 Å². The van der Waals surface area contributed by atoms with Crippen LogP contribution >= 0.6 is 15.9 Å². The Kier molecular flexibility index (Phi) is 1.85. The van der Waals surface area contributed by atoms with Crippen molar-refractivity contribution in [1.29, 1.82) is 0 Å². The Morgan fingerprint density at radius 2 is 2.07 bits per heavy atom. The van der Waals surface area contributed by atoms with Crippen molar-refractivity contribution >= 4 is 22.0 Å². The molecule has 0 fully saturated rings. The standard InChI is InChI=1S/C13H13Br/c1-8-5-10-7-9-3-2-4-11(9)13(14)12(10)6-8/h5,7H,2-4,6H2,1H3. The third-order valence-electron chi connectivity index (χ3n) is 3.33. The zero-order valence-corrected chi connectivity index (χ0v) is 9.95. The fourth-order valence-electron chi connectivity index (χ4n) is 2.66. The Morgan fingerprint density at radius 1 is 1.21 bits per heavy atom. The Balaban J connectivity index is 2.25.